The smallest absolute Gasteiger partial charge is 0.344 e. The van der Waals surface area contributed by atoms with Crippen molar-refractivity contribution in [3.63, 3.8) is 0 Å². The lowest BCUT2D eigenvalue weighted by Gasteiger charge is -2.08. The van der Waals surface area contributed by atoms with Gasteiger partial charge in [-0.05, 0) is 48.7 Å². The fraction of sp³-hybridized carbons (Fsp3) is 0.333. The van der Waals surface area contributed by atoms with E-state index in [0.29, 0.717) is 18.8 Å². The molecule has 182 valence electrons. The van der Waals surface area contributed by atoms with Crippen LogP contribution in [0.1, 0.15) is 54.4 Å². The van der Waals surface area contributed by atoms with Crippen LogP contribution in [0.15, 0.2) is 85.3 Å². The Hall–Kier alpha value is -3.60. The summed E-state index contributed by atoms with van der Waals surface area (Å²) in [4.78, 5) is 12.0. The normalized spacial score (nSPS) is 11.0. The largest absolute Gasteiger partial charge is 0.489 e. The van der Waals surface area contributed by atoms with Gasteiger partial charge in [-0.25, -0.2) is 9.36 Å². The summed E-state index contributed by atoms with van der Waals surface area (Å²) in [6.07, 6.45) is 12.6. The van der Waals surface area contributed by atoms with Gasteiger partial charge in [-0.3, -0.25) is 0 Å². The molecular formula is C30H35N2O3+. The first-order valence-electron chi connectivity index (χ1n) is 12.6. The summed E-state index contributed by atoms with van der Waals surface area (Å²) < 4.78 is 15.5. The van der Waals surface area contributed by atoms with Crippen molar-refractivity contribution < 1.29 is 18.8 Å². The van der Waals surface area contributed by atoms with E-state index in [0.717, 1.165) is 31.6 Å². The summed E-state index contributed by atoms with van der Waals surface area (Å²) in [6, 6.07) is 22.4. The van der Waals surface area contributed by atoms with Crippen molar-refractivity contribution in [2.45, 2.75) is 51.7 Å². The lowest BCUT2D eigenvalue weighted by Crippen LogP contribution is -2.28. The van der Waals surface area contributed by atoms with Gasteiger partial charge in [0.25, 0.3) is 0 Å². The van der Waals surface area contributed by atoms with Gasteiger partial charge in [0.15, 0.2) is 12.4 Å². The maximum Gasteiger partial charge on any atom is 0.344 e. The van der Waals surface area contributed by atoms with Crippen LogP contribution in [0.25, 0.3) is 10.9 Å². The molecule has 0 saturated carbocycles. The predicted octanol–water partition coefficient (Wildman–Crippen LogP) is 6.24. The lowest BCUT2D eigenvalue weighted by atomic mass is 10.1. The fourth-order valence-corrected chi connectivity index (χ4v) is 4.25. The molecule has 4 aromatic rings. The minimum atomic E-state index is -0.241. The molecule has 0 atom stereocenters. The van der Waals surface area contributed by atoms with Crippen molar-refractivity contribution in [2.24, 2.45) is 7.05 Å². The van der Waals surface area contributed by atoms with Gasteiger partial charge in [0.1, 0.15) is 25.0 Å². The molecule has 0 aliphatic rings. The van der Waals surface area contributed by atoms with Gasteiger partial charge in [-0.15, -0.1) is 0 Å². The van der Waals surface area contributed by atoms with Gasteiger partial charge in [0.2, 0.25) is 0 Å². The number of benzene rings is 2. The molecule has 5 heteroatoms. The fourth-order valence-electron chi connectivity index (χ4n) is 4.25. The Bertz CT molecular complexity index is 1220. The first kappa shape index (κ1) is 24.5. The van der Waals surface area contributed by atoms with E-state index in [2.05, 4.69) is 47.2 Å². The summed E-state index contributed by atoms with van der Waals surface area (Å²) >= 11 is 0. The summed E-state index contributed by atoms with van der Waals surface area (Å²) in [7, 11) is 1.90. The molecule has 0 saturated heterocycles. The quantitative estimate of drug-likeness (QED) is 0.132. The van der Waals surface area contributed by atoms with Crippen molar-refractivity contribution in [1.82, 2.24) is 4.57 Å². The molecule has 0 unspecified atom stereocenters. The van der Waals surface area contributed by atoms with Crippen LogP contribution < -0.4 is 9.30 Å². The monoisotopic (exact) mass is 471 g/mol. The van der Waals surface area contributed by atoms with Gasteiger partial charge in [-0.2, -0.15) is 0 Å². The van der Waals surface area contributed by atoms with Crippen molar-refractivity contribution in [1.29, 1.82) is 0 Å². The average Bonchev–Trinajstić information content (AvgIpc) is 3.29. The number of esters is 1. The number of aromatic nitrogens is 2. The van der Waals surface area contributed by atoms with Crippen LogP contribution in [0.5, 0.6) is 5.75 Å². The number of rotatable bonds is 13. The molecule has 0 amide bonds. The topological polar surface area (TPSA) is 44.3 Å². The van der Waals surface area contributed by atoms with E-state index in [4.69, 9.17) is 9.47 Å². The first-order valence-corrected chi connectivity index (χ1v) is 12.6. The third-order valence-corrected chi connectivity index (χ3v) is 6.19. The van der Waals surface area contributed by atoms with E-state index in [1.54, 1.807) is 12.3 Å². The number of hydrogen-bond donors (Lipinski definition) is 0. The first-order chi connectivity index (χ1) is 17.2. The van der Waals surface area contributed by atoms with Crippen LogP contribution >= 0.6 is 0 Å². The molecule has 2 heterocycles. The van der Waals surface area contributed by atoms with Gasteiger partial charge in [0, 0.05) is 29.7 Å². The minimum absolute atomic E-state index is 0.241. The maximum atomic E-state index is 12.0. The van der Waals surface area contributed by atoms with Crippen molar-refractivity contribution in [3.8, 4) is 5.75 Å². The molecule has 0 bridgehead atoms. The minimum Gasteiger partial charge on any atom is -0.489 e. The summed E-state index contributed by atoms with van der Waals surface area (Å²) in [5.41, 5.74) is 3.03. The zero-order valence-corrected chi connectivity index (χ0v) is 20.6. The second-order valence-electron chi connectivity index (χ2n) is 9.02. The van der Waals surface area contributed by atoms with Crippen LogP contribution in [0, 0.1) is 0 Å². The van der Waals surface area contributed by atoms with Crippen LogP contribution in [0.4, 0.5) is 0 Å². The number of unbranched alkanes of at least 4 members (excludes halogenated alkanes) is 5. The molecule has 35 heavy (non-hydrogen) atoms. The Labute approximate surface area is 207 Å². The van der Waals surface area contributed by atoms with Crippen LogP contribution in [0.2, 0.25) is 0 Å². The molecule has 0 spiro atoms. The highest BCUT2D eigenvalue weighted by Gasteiger charge is 2.10. The van der Waals surface area contributed by atoms with Gasteiger partial charge in [-0.1, -0.05) is 56.0 Å². The summed E-state index contributed by atoms with van der Waals surface area (Å²) in [6.45, 7) is 2.10. The van der Waals surface area contributed by atoms with Crippen LogP contribution in [-0.4, -0.2) is 17.1 Å². The van der Waals surface area contributed by atoms with E-state index in [-0.39, 0.29) is 5.97 Å². The molecule has 4 rings (SSSR count). The molecule has 2 aromatic carbocycles. The van der Waals surface area contributed by atoms with Crippen molar-refractivity contribution in [3.05, 3.63) is 96.4 Å². The molecule has 0 aliphatic heterocycles. The summed E-state index contributed by atoms with van der Waals surface area (Å²) in [5, 5.41) is 1.22. The van der Waals surface area contributed by atoms with E-state index < -0.39 is 0 Å². The second-order valence-corrected chi connectivity index (χ2v) is 9.02. The number of carbonyl (C=O) groups is 1. The number of aryl methyl sites for hydroxylation is 2. The molecule has 0 fully saturated rings. The zero-order chi connectivity index (χ0) is 24.3. The number of hydrogen-bond acceptors (Lipinski definition) is 3. The van der Waals surface area contributed by atoms with Crippen molar-refractivity contribution >= 4 is 16.9 Å². The summed E-state index contributed by atoms with van der Waals surface area (Å²) in [5.74, 6) is 0.664. The van der Waals surface area contributed by atoms with Gasteiger partial charge < -0.3 is 14.0 Å². The molecule has 5 nitrogen and oxygen atoms in total. The molecule has 0 aliphatic carbocycles. The highest BCUT2D eigenvalue weighted by molar-refractivity contribution is 5.88. The number of pyridine rings is 1. The van der Waals surface area contributed by atoms with Gasteiger partial charge in [0.05, 0.1) is 6.61 Å². The highest BCUT2D eigenvalue weighted by Crippen LogP contribution is 2.23. The molecule has 2 aromatic heterocycles. The van der Waals surface area contributed by atoms with Crippen LogP contribution in [-0.2, 0) is 24.9 Å². The third kappa shape index (κ3) is 7.44. The van der Waals surface area contributed by atoms with E-state index in [1.807, 2.05) is 42.1 Å². The number of fused-ring (bicyclic) bond motifs is 1. The van der Waals surface area contributed by atoms with Crippen LogP contribution in [0.3, 0.4) is 0 Å². The Kier molecular flexibility index (Phi) is 8.93. The number of carbonyl (C=O) groups excluding carboxylic acids is 1. The second kappa shape index (κ2) is 12.7. The third-order valence-electron chi connectivity index (χ3n) is 6.19. The molecular weight excluding hydrogens is 436 g/mol. The Morgan fingerprint density at radius 2 is 1.69 bits per heavy atom. The zero-order valence-electron chi connectivity index (χ0n) is 20.6. The molecule has 0 radical (unpaired) electrons. The highest BCUT2D eigenvalue weighted by atomic mass is 16.5. The Morgan fingerprint density at radius 1 is 0.886 bits per heavy atom. The standard InChI is InChI=1S/C30H35N2O3/c1-31-18-11-14-27(23-31)30(33)34-21-10-5-3-2-4-9-19-32-20-17-26-22-28(15-16-29(26)32)35-24-25-12-7-6-8-13-25/h6-8,11-18,20,22-23H,2-5,9-10,19,21,24H2,1H3/q+1. The SMILES string of the molecule is C[n+]1cccc(C(=O)OCCCCCCCCn2ccc3cc(OCc4ccccc4)ccc32)c1. The van der Waals surface area contributed by atoms with Crippen molar-refractivity contribution in [2.75, 3.05) is 6.61 Å². The Balaban J connectivity index is 1.09. The van der Waals surface area contributed by atoms with Gasteiger partial charge >= 0.3 is 5.97 Å². The van der Waals surface area contributed by atoms with E-state index >= 15 is 0 Å². The van der Waals surface area contributed by atoms with E-state index in [1.165, 1.54) is 35.7 Å². The maximum absolute atomic E-state index is 12.0. The number of ether oxygens (including phenoxy) is 2. The van der Waals surface area contributed by atoms with E-state index in [9.17, 15) is 4.79 Å². The Morgan fingerprint density at radius 3 is 2.51 bits per heavy atom. The predicted molar refractivity (Wildman–Crippen MR) is 138 cm³/mol. The molecule has 0 N–H and O–H groups in total. The lowest BCUT2D eigenvalue weighted by molar-refractivity contribution is -0.671. The average molecular weight is 472 g/mol. The number of nitrogens with zero attached hydrogens (tertiary/aromatic N) is 2.